The van der Waals surface area contributed by atoms with Gasteiger partial charge in [-0.15, -0.1) is 11.3 Å². The molecule has 2 fully saturated rings. The first-order chi connectivity index (χ1) is 14.3. The van der Waals surface area contributed by atoms with Crippen LogP contribution in [0, 0.1) is 5.82 Å². The predicted molar refractivity (Wildman–Crippen MR) is 119 cm³/mol. The first kappa shape index (κ1) is 21.7. The van der Waals surface area contributed by atoms with Crippen LogP contribution >= 0.6 is 11.3 Å². The van der Waals surface area contributed by atoms with Gasteiger partial charge in [-0.2, -0.15) is 0 Å². The fraction of sp³-hybridized carbons (Fsp3) is 0.591. The molecule has 2 atom stereocenters. The van der Waals surface area contributed by atoms with Gasteiger partial charge >= 0.3 is 0 Å². The third-order valence-electron chi connectivity index (χ3n) is 6.51. The van der Waals surface area contributed by atoms with E-state index in [0.29, 0.717) is 17.0 Å². The van der Waals surface area contributed by atoms with E-state index in [9.17, 15) is 8.42 Å². The molecule has 2 aromatic rings. The summed E-state index contributed by atoms with van der Waals surface area (Å²) in [5.74, 6) is -0.637. The van der Waals surface area contributed by atoms with Crippen molar-refractivity contribution in [1.82, 2.24) is 9.88 Å². The summed E-state index contributed by atoms with van der Waals surface area (Å²) in [6, 6.07) is 3.65. The van der Waals surface area contributed by atoms with E-state index in [0.717, 1.165) is 49.8 Å². The number of hydrogen-bond acceptors (Lipinski definition) is 6. The number of anilines is 1. The predicted octanol–water partition coefficient (Wildman–Crippen LogP) is 4.81. The van der Waals surface area contributed by atoms with Crippen molar-refractivity contribution in [1.29, 1.82) is 0 Å². The molecule has 2 saturated carbocycles. The molecular formula is C22H30FN3O2S2. The van der Waals surface area contributed by atoms with Crippen LogP contribution in [0.3, 0.4) is 0 Å². The van der Waals surface area contributed by atoms with Gasteiger partial charge in [0.25, 0.3) is 0 Å². The van der Waals surface area contributed by atoms with Crippen LogP contribution in [0.15, 0.2) is 28.6 Å². The van der Waals surface area contributed by atoms with E-state index in [-0.39, 0.29) is 16.7 Å². The summed E-state index contributed by atoms with van der Waals surface area (Å²) < 4.78 is 41.0. The van der Waals surface area contributed by atoms with Crippen LogP contribution in [0.25, 0.3) is 0 Å². The van der Waals surface area contributed by atoms with Crippen molar-refractivity contribution in [3.05, 3.63) is 40.1 Å². The van der Waals surface area contributed by atoms with Gasteiger partial charge in [0.05, 0.1) is 0 Å². The molecule has 0 bridgehead atoms. The second-order valence-corrected chi connectivity index (χ2v) is 11.7. The average molecular weight is 452 g/mol. The summed E-state index contributed by atoms with van der Waals surface area (Å²) in [6.07, 6.45) is 9.27. The zero-order valence-electron chi connectivity index (χ0n) is 17.6. The van der Waals surface area contributed by atoms with Gasteiger partial charge in [-0.1, -0.05) is 19.3 Å². The highest BCUT2D eigenvalue weighted by molar-refractivity contribution is 7.90. The van der Waals surface area contributed by atoms with E-state index in [4.69, 9.17) is 0 Å². The number of sulfone groups is 1. The molecule has 1 aromatic heterocycles. The zero-order valence-corrected chi connectivity index (χ0v) is 19.2. The van der Waals surface area contributed by atoms with Gasteiger partial charge in [-0.25, -0.2) is 17.8 Å². The van der Waals surface area contributed by atoms with Gasteiger partial charge in [0, 0.05) is 29.3 Å². The lowest BCUT2D eigenvalue weighted by Crippen LogP contribution is -2.45. The molecule has 164 valence electrons. The van der Waals surface area contributed by atoms with E-state index in [1.54, 1.807) is 17.6 Å². The molecule has 30 heavy (non-hydrogen) atoms. The normalized spacial score (nSPS) is 22.8. The number of rotatable bonds is 7. The third kappa shape index (κ3) is 4.55. The smallest absolute Gasteiger partial charge is 0.187 e. The van der Waals surface area contributed by atoms with E-state index >= 15 is 4.39 Å². The van der Waals surface area contributed by atoms with Crippen LogP contribution in [-0.4, -0.2) is 44.5 Å². The van der Waals surface area contributed by atoms with Crippen LogP contribution in [0.2, 0.25) is 0 Å². The summed E-state index contributed by atoms with van der Waals surface area (Å²) in [5, 5.41) is 5.83. The summed E-state index contributed by atoms with van der Waals surface area (Å²) in [7, 11) is 0.388. The Kier molecular flexibility index (Phi) is 6.46. The molecular weight excluding hydrogens is 421 g/mol. The number of hydrogen-bond donors (Lipinski definition) is 1. The van der Waals surface area contributed by atoms with Crippen molar-refractivity contribution >= 4 is 26.9 Å². The van der Waals surface area contributed by atoms with Crippen LogP contribution in [-0.2, 0) is 15.6 Å². The fourth-order valence-electron chi connectivity index (χ4n) is 4.65. The molecule has 1 heterocycles. The molecule has 5 nitrogen and oxygen atoms in total. The van der Waals surface area contributed by atoms with Gasteiger partial charge in [0.1, 0.15) is 21.5 Å². The highest BCUT2D eigenvalue weighted by Crippen LogP contribution is 2.42. The zero-order chi connectivity index (χ0) is 21.3. The van der Waals surface area contributed by atoms with E-state index in [2.05, 4.69) is 29.3 Å². The minimum atomic E-state index is -3.79. The van der Waals surface area contributed by atoms with Crippen LogP contribution in [0.4, 0.5) is 10.1 Å². The average Bonchev–Trinajstić information content (AvgIpc) is 3.14. The summed E-state index contributed by atoms with van der Waals surface area (Å²) in [4.78, 5) is 6.10. The van der Waals surface area contributed by atoms with Crippen molar-refractivity contribution in [2.45, 2.75) is 73.6 Å². The van der Waals surface area contributed by atoms with Crippen molar-refractivity contribution in [2.75, 3.05) is 19.4 Å². The van der Waals surface area contributed by atoms with Crippen molar-refractivity contribution in [3.8, 4) is 0 Å². The topological polar surface area (TPSA) is 62.3 Å². The maximum atomic E-state index is 15.1. The largest absolute Gasteiger partial charge is 0.380 e. The molecule has 0 aliphatic heterocycles. The molecule has 1 N–H and O–H groups in total. The number of nitrogens with one attached hydrogen (secondary N) is 1. The lowest BCUT2D eigenvalue weighted by Gasteiger charge is -2.38. The van der Waals surface area contributed by atoms with Crippen molar-refractivity contribution in [2.24, 2.45) is 0 Å². The Labute approximate surface area is 182 Å². The number of nitrogens with zero attached hydrogens (tertiary/aromatic N) is 2. The monoisotopic (exact) mass is 451 g/mol. The summed E-state index contributed by atoms with van der Waals surface area (Å²) in [6.45, 7) is 0. The Bertz CT molecular complexity index is 973. The second-order valence-electron chi connectivity index (χ2n) is 8.75. The number of benzene rings is 1. The number of halogens is 1. The third-order valence-corrected chi connectivity index (χ3v) is 9.11. The minimum absolute atomic E-state index is 0.196. The Balaban J connectivity index is 1.67. The maximum absolute atomic E-state index is 15.1. The van der Waals surface area contributed by atoms with Crippen LogP contribution < -0.4 is 5.32 Å². The van der Waals surface area contributed by atoms with Crippen molar-refractivity contribution in [3.63, 3.8) is 0 Å². The van der Waals surface area contributed by atoms with E-state index in [1.807, 2.05) is 0 Å². The van der Waals surface area contributed by atoms with Crippen molar-refractivity contribution < 1.29 is 12.8 Å². The number of aromatic nitrogens is 1. The molecule has 0 unspecified atom stereocenters. The quantitative estimate of drug-likeness (QED) is 0.655. The molecule has 4 rings (SSSR count). The van der Waals surface area contributed by atoms with Gasteiger partial charge in [-0.3, -0.25) is 0 Å². The standard InChI is InChI=1S/C22H30FN3O2S2/c1-26(2)20-9-4-3-8-18(20)25-19-13-17(23)21(12-16(19)15-6-5-7-15)30(27,28)14-22-24-10-11-29-22/h10-13,15,18,20,25H,3-9,14H2,1-2H3/t18-,20-/m0/s1. The van der Waals surface area contributed by atoms with E-state index < -0.39 is 15.7 Å². The van der Waals surface area contributed by atoms with E-state index in [1.165, 1.54) is 23.8 Å². The fourth-order valence-corrected chi connectivity index (χ4v) is 7.01. The molecule has 8 heteroatoms. The summed E-state index contributed by atoms with van der Waals surface area (Å²) >= 11 is 1.28. The second kappa shape index (κ2) is 8.93. The highest BCUT2D eigenvalue weighted by atomic mass is 32.2. The summed E-state index contributed by atoms with van der Waals surface area (Å²) in [5.41, 5.74) is 1.72. The van der Waals surface area contributed by atoms with Gasteiger partial charge < -0.3 is 10.2 Å². The molecule has 2 aliphatic rings. The number of thiazole rings is 1. The SMILES string of the molecule is CN(C)[C@H]1CCCC[C@@H]1Nc1cc(F)c(S(=O)(=O)Cc2nccs2)cc1C1CCC1. The Morgan fingerprint density at radius 2 is 1.93 bits per heavy atom. The molecule has 0 spiro atoms. The lowest BCUT2D eigenvalue weighted by molar-refractivity contribution is 0.211. The molecule has 0 radical (unpaired) electrons. The van der Waals surface area contributed by atoms with Gasteiger partial charge in [0.15, 0.2) is 9.84 Å². The first-order valence-corrected chi connectivity index (χ1v) is 13.3. The first-order valence-electron chi connectivity index (χ1n) is 10.7. The molecule has 2 aliphatic carbocycles. The Morgan fingerprint density at radius 1 is 1.17 bits per heavy atom. The Morgan fingerprint density at radius 3 is 2.57 bits per heavy atom. The minimum Gasteiger partial charge on any atom is -0.380 e. The maximum Gasteiger partial charge on any atom is 0.187 e. The van der Waals surface area contributed by atoms with Crippen LogP contribution in [0.5, 0.6) is 0 Å². The highest BCUT2D eigenvalue weighted by Gasteiger charge is 2.31. The number of likely N-dealkylation sites (N-methyl/N-ethyl adjacent to an activating group) is 1. The van der Waals surface area contributed by atoms with Gasteiger partial charge in [-0.05, 0) is 63.4 Å². The Hall–Kier alpha value is -1.51. The lowest BCUT2D eigenvalue weighted by atomic mass is 9.79. The molecule has 1 aromatic carbocycles. The van der Waals surface area contributed by atoms with Gasteiger partial charge in [0.2, 0.25) is 0 Å². The molecule has 0 saturated heterocycles. The molecule has 0 amide bonds. The van der Waals surface area contributed by atoms with Crippen LogP contribution in [0.1, 0.15) is 61.4 Å².